The van der Waals surface area contributed by atoms with Crippen LogP contribution in [0.5, 0.6) is 0 Å². The van der Waals surface area contributed by atoms with Gasteiger partial charge in [0.1, 0.15) is 0 Å². The lowest BCUT2D eigenvalue weighted by atomic mass is 10.2. The summed E-state index contributed by atoms with van der Waals surface area (Å²) in [6, 6.07) is 5.39. The summed E-state index contributed by atoms with van der Waals surface area (Å²) < 4.78 is 2.31. The molecule has 2 N–H and O–H groups in total. The number of hydrogen-bond acceptors (Lipinski definition) is 4. The number of benzene rings is 1. The number of hydrogen-bond donors (Lipinski definition) is 2. The Morgan fingerprint density at radius 3 is 2.91 bits per heavy atom. The molecule has 2 aromatic rings. The Morgan fingerprint density at radius 1 is 1.30 bits per heavy atom. The number of rotatable bonds is 8. The summed E-state index contributed by atoms with van der Waals surface area (Å²) in [5.74, 6) is -0.0652. The lowest BCUT2D eigenvalue weighted by Gasteiger charge is -2.08. The number of nitrogens with zero attached hydrogens (tertiary/aromatic N) is 2. The molecule has 0 saturated carbocycles. The van der Waals surface area contributed by atoms with Crippen LogP contribution in [0.2, 0.25) is 0 Å². The lowest BCUT2D eigenvalue weighted by molar-refractivity contribution is -0.121. The van der Waals surface area contributed by atoms with Crippen LogP contribution in [-0.4, -0.2) is 35.1 Å². The van der Waals surface area contributed by atoms with Crippen LogP contribution in [0.4, 0.5) is 0 Å². The summed E-state index contributed by atoms with van der Waals surface area (Å²) in [6.45, 7) is 4.72. The molecule has 2 rings (SSSR count). The van der Waals surface area contributed by atoms with Crippen LogP contribution in [-0.2, 0) is 11.3 Å². The molecule has 0 radical (unpaired) electrons. The van der Waals surface area contributed by atoms with Crippen LogP contribution >= 0.6 is 15.9 Å². The molecule has 0 atom stereocenters. The number of carbonyl (C=O) groups excluding carboxylic acids is 1. The zero-order valence-corrected chi connectivity index (χ0v) is 14.7. The predicted molar refractivity (Wildman–Crippen MR) is 94.5 cm³/mol. The first kappa shape index (κ1) is 17.6. The Kier molecular flexibility index (Phi) is 6.73. The molecule has 1 aromatic carbocycles. The zero-order valence-electron chi connectivity index (χ0n) is 13.1. The van der Waals surface area contributed by atoms with E-state index in [4.69, 9.17) is 0 Å². The van der Waals surface area contributed by atoms with Crippen molar-refractivity contribution in [3.05, 3.63) is 39.4 Å². The topological polar surface area (TPSA) is 76.0 Å². The number of aryl methyl sites for hydroxylation is 1. The van der Waals surface area contributed by atoms with Crippen molar-refractivity contribution in [3.8, 4) is 0 Å². The molecule has 1 heterocycles. The van der Waals surface area contributed by atoms with Crippen molar-refractivity contribution in [1.82, 2.24) is 20.2 Å². The molecule has 6 nitrogen and oxygen atoms in total. The molecule has 124 valence electrons. The maximum Gasteiger partial charge on any atom is 0.261 e. The van der Waals surface area contributed by atoms with Gasteiger partial charge < -0.3 is 10.6 Å². The second-order valence-electron chi connectivity index (χ2n) is 5.25. The van der Waals surface area contributed by atoms with Crippen LogP contribution in [0.25, 0.3) is 10.9 Å². The van der Waals surface area contributed by atoms with Crippen molar-refractivity contribution in [2.45, 2.75) is 26.3 Å². The summed E-state index contributed by atoms with van der Waals surface area (Å²) >= 11 is 3.35. The fraction of sp³-hybridized carbons (Fsp3) is 0.438. The minimum absolute atomic E-state index is 0.0652. The third-order valence-electron chi connectivity index (χ3n) is 3.42. The molecule has 23 heavy (non-hydrogen) atoms. The van der Waals surface area contributed by atoms with Crippen molar-refractivity contribution in [2.24, 2.45) is 0 Å². The van der Waals surface area contributed by atoms with Crippen LogP contribution < -0.4 is 16.2 Å². The minimum Gasteiger partial charge on any atom is -0.355 e. The molecule has 0 saturated heterocycles. The molecule has 0 aliphatic carbocycles. The van der Waals surface area contributed by atoms with Gasteiger partial charge in [0, 0.05) is 30.5 Å². The molecule has 0 bridgehead atoms. The predicted octanol–water partition coefficient (Wildman–Crippen LogP) is 1.66. The van der Waals surface area contributed by atoms with E-state index in [1.807, 2.05) is 6.07 Å². The van der Waals surface area contributed by atoms with Gasteiger partial charge in [0.05, 0.1) is 17.2 Å². The van der Waals surface area contributed by atoms with Crippen LogP contribution in [0, 0.1) is 0 Å². The molecular formula is C16H21BrN4O2. The molecule has 7 heteroatoms. The first-order chi connectivity index (χ1) is 11.1. The first-order valence-corrected chi connectivity index (χ1v) is 8.53. The van der Waals surface area contributed by atoms with Crippen molar-refractivity contribution in [1.29, 1.82) is 0 Å². The average Bonchev–Trinajstić information content (AvgIpc) is 2.54. The highest BCUT2D eigenvalue weighted by molar-refractivity contribution is 9.10. The average molecular weight is 381 g/mol. The van der Waals surface area contributed by atoms with Crippen LogP contribution in [0.1, 0.15) is 19.8 Å². The van der Waals surface area contributed by atoms with Crippen LogP contribution in [0.15, 0.2) is 33.8 Å². The fourth-order valence-electron chi connectivity index (χ4n) is 2.19. The molecule has 0 fully saturated rings. The van der Waals surface area contributed by atoms with Gasteiger partial charge in [-0.15, -0.1) is 0 Å². The number of nitrogens with one attached hydrogen (secondary N) is 2. The van der Waals surface area contributed by atoms with Gasteiger partial charge >= 0.3 is 0 Å². The summed E-state index contributed by atoms with van der Waals surface area (Å²) in [5, 5.41) is 6.59. The molecule has 1 aromatic heterocycles. The lowest BCUT2D eigenvalue weighted by Crippen LogP contribution is -2.33. The van der Waals surface area contributed by atoms with E-state index in [0.29, 0.717) is 24.0 Å². The van der Waals surface area contributed by atoms with Gasteiger partial charge in [-0.2, -0.15) is 0 Å². The van der Waals surface area contributed by atoms with Crippen LogP contribution in [0.3, 0.4) is 0 Å². The van der Waals surface area contributed by atoms with E-state index in [0.717, 1.165) is 24.0 Å². The van der Waals surface area contributed by atoms with Gasteiger partial charge in [-0.1, -0.05) is 22.9 Å². The molecule has 0 aliphatic heterocycles. The van der Waals surface area contributed by atoms with Gasteiger partial charge in [0.25, 0.3) is 5.56 Å². The highest BCUT2D eigenvalue weighted by atomic mass is 79.9. The Morgan fingerprint density at radius 2 is 2.13 bits per heavy atom. The van der Waals surface area contributed by atoms with E-state index in [-0.39, 0.29) is 17.9 Å². The van der Waals surface area contributed by atoms with Crippen molar-refractivity contribution < 1.29 is 4.79 Å². The van der Waals surface area contributed by atoms with Gasteiger partial charge in [0.2, 0.25) is 5.91 Å². The van der Waals surface area contributed by atoms with Gasteiger partial charge in [-0.25, -0.2) is 4.98 Å². The number of amides is 1. The van der Waals surface area contributed by atoms with E-state index in [9.17, 15) is 9.59 Å². The highest BCUT2D eigenvalue weighted by Crippen LogP contribution is 2.14. The third-order valence-corrected chi connectivity index (χ3v) is 3.91. The van der Waals surface area contributed by atoms with E-state index >= 15 is 0 Å². The highest BCUT2D eigenvalue weighted by Gasteiger charge is 2.07. The Bertz CT molecular complexity index is 730. The second kappa shape index (κ2) is 8.79. The molecule has 0 unspecified atom stereocenters. The SMILES string of the molecule is CCCNCCNC(=O)CCn1cnc2ccc(Br)cc2c1=O. The van der Waals surface area contributed by atoms with E-state index in [1.54, 1.807) is 12.1 Å². The van der Waals surface area contributed by atoms with Gasteiger partial charge in [-0.05, 0) is 31.2 Å². The van der Waals surface area contributed by atoms with E-state index in [2.05, 4.69) is 38.5 Å². The van der Waals surface area contributed by atoms with Crippen molar-refractivity contribution >= 4 is 32.7 Å². The summed E-state index contributed by atoms with van der Waals surface area (Å²) in [6.07, 6.45) is 2.82. The number of fused-ring (bicyclic) bond motifs is 1. The maximum absolute atomic E-state index is 12.4. The molecule has 0 spiro atoms. The summed E-state index contributed by atoms with van der Waals surface area (Å²) in [5.41, 5.74) is 0.523. The van der Waals surface area contributed by atoms with Gasteiger partial charge in [-0.3, -0.25) is 14.2 Å². The van der Waals surface area contributed by atoms with E-state index in [1.165, 1.54) is 10.9 Å². The first-order valence-electron chi connectivity index (χ1n) is 7.74. The van der Waals surface area contributed by atoms with Crippen molar-refractivity contribution in [2.75, 3.05) is 19.6 Å². The van der Waals surface area contributed by atoms with Crippen molar-refractivity contribution in [3.63, 3.8) is 0 Å². The van der Waals surface area contributed by atoms with E-state index < -0.39 is 0 Å². The standard InChI is InChI=1S/C16H21BrN4O2/c1-2-6-18-7-8-19-15(22)5-9-21-11-20-14-4-3-12(17)10-13(14)16(21)23/h3-4,10-11,18H,2,5-9H2,1H3,(H,19,22). The number of aromatic nitrogens is 2. The van der Waals surface area contributed by atoms with Gasteiger partial charge in [0.15, 0.2) is 0 Å². The second-order valence-corrected chi connectivity index (χ2v) is 6.17. The zero-order chi connectivity index (χ0) is 16.7. The number of carbonyl (C=O) groups is 1. The molecule has 0 aliphatic rings. The summed E-state index contributed by atoms with van der Waals surface area (Å²) in [4.78, 5) is 28.4. The Labute approximate surface area is 143 Å². The normalized spacial score (nSPS) is 10.9. The third kappa shape index (κ3) is 5.14. The Balaban J connectivity index is 1.91. The largest absolute Gasteiger partial charge is 0.355 e. The number of halogens is 1. The smallest absolute Gasteiger partial charge is 0.261 e. The quantitative estimate of drug-likeness (QED) is 0.682. The molecule has 1 amide bonds. The summed E-state index contributed by atoms with van der Waals surface area (Å²) in [7, 11) is 0. The monoisotopic (exact) mass is 380 g/mol. The Hall–Kier alpha value is -1.73. The fourth-order valence-corrected chi connectivity index (χ4v) is 2.55. The molecular weight excluding hydrogens is 360 g/mol. The minimum atomic E-state index is -0.131. The maximum atomic E-state index is 12.4.